The van der Waals surface area contributed by atoms with Crippen molar-refractivity contribution < 1.29 is 4.74 Å². The van der Waals surface area contributed by atoms with Crippen molar-refractivity contribution in [2.24, 2.45) is 28.7 Å². The Balaban J connectivity index is 1.17. The van der Waals surface area contributed by atoms with Crippen molar-refractivity contribution in [3.63, 3.8) is 0 Å². The molecule has 0 radical (unpaired) electrons. The van der Waals surface area contributed by atoms with E-state index in [1.807, 2.05) is 0 Å². The molecule has 2 aliphatic heterocycles. The van der Waals surface area contributed by atoms with Gasteiger partial charge in [0, 0.05) is 13.1 Å². The van der Waals surface area contributed by atoms with Crippen molar-refractivity contribution in [2.45, 2.75) is 82.7 Å². The number of rotatable bonds is 7. The summed E-state index contributed by atoms with van der Waals surface area (Å²) in [5.41, 5.74) is 1.43. The van der Waals surface area contributed by atoms with Crippen LogP contribution in [0.3, 0.4) is 0 Å². The van der Waals surface area contributed by atoms with Crippen LogP contribution in [0.5, 0.6) is 5.75 Å². The first-order chi connectivity index (χ1) is 15.8. The normalized spacial score (nSPS) is 34.3. The number of aliphatic imine (C=N–C) groups is 1. The first-order valence-electron chi connectivity index (χ1n) is 13.5. The van der Waals surface area contributed by atoms with E-state index >= 15 is 0 Å². The summed E-state index contributed by atoms with van der Waals surface area (Å²) in [4.78, 5) is 10.7. The standard InChI is InChI=1S/C28H41N3O/c1-32-26-11-8-20(9-12-26)17-25-19-31-27(22-5-3-2-4-6-22)18-29-28(31)30(25)14-13-24-16-21-7-10-23(24)15-21/h8-9,11-12,21-25,27H,2-7,10,13-19H2,1H3/t21?,23?,24?,25-,27-/m1/s1. The van der Waals surface area contributed by atoms with Crippen LogP contribution >= 0.6 is 0 Å². The Kier molecular flexibility index (Phi) is 5.81. The molecule has 5 aliphatic rings. The zero-order valence-corrected chi connectivity index (χ0v) is 19.9. The molecule has 1 aromatic carbocycles. The van der Waals surface area contributed by atoms with Crippen molar-refractivity contribution in [3.05, 3.63) is 29.8 Å². The van der Waals surface area contributed by atoms with E-state index in [-0.39, 0.29) is 0 Å². The lowest BCUT2D eigenvalue weighted by Gasteiger charge is -2.33. The lowest BCUT2D eigenvalue weighted by molar-refractivity contribution is 0.205. The maximum absolute atomic E-state index is 5.38. The number of hydrogen-bond donors (Lipinski definition) is 0. The van der Waals surface area contributed by atoms with E-state index in [0.29, 0.717) is 12.1 Å². The zero-order chi connectivity index (χ0) is 21.5. The van der Waals surface area contributed by atoms with Crippen LogP contribution in [-0.2, 0) is 6.42 Å². The van der Waals surface area contributed by atoms with Crippen LogP contribution in [0.2, 0.25) is 0 Å². The van der Waals surface area contributed by atoms with Gasteiger partial charge in [0.15, 0.2) is 5.96 Å². The summed E-state index contributed by atoms with van der Waals surface area (Å²) in [6, 6.07) is 9.98. The van der Waals surface area contributed by atoms with Crippen LogP contribution in [0.25, 0.3) is 0 Å². The van der Waals surface area contributed by atoms with Gasteiger partial charge in [-0.2, -0.15) is 0 Å². The van der Waals surface area contributed by atoms with Crippen LogP contribution in [0, 0.1) is 23.7 Å². The molecule has 1 saturated heterocycles. The van der Waals surface area contributed by atoms with E-state index in [2.05, 4.69) is 34.1 Å². The highest BCUT2D eigenvalue weighted by molar-refractivity contribution is 5.84. The molecule has 4 fully saturated rings. The predicted octanol–water partition coefficient (Wildman–Crippen LogP) is 5.37. The molecule has 32 heavy (non-hydrogen) atoms. The van der Waals surface area contributed by atoms with Crippen molar-refractivity contribution in [3.8, 4) is 5.75 Å². The predicted molar refractivity (Wildman–Crippen MR) is 130 cm³/mol. The Labute approximate surface area is 194 Å². The van der Waals surface area contributed by atoms with Crippen LogP contribution in [0.1, 0.15) is 69.8 Å². The number of hydrogen-bond acceptors (Lipinski definition) is 4. The van der Waals surface area contributed by atoms with Gasteiger partial charge in [0.05, 0.1) is 25.7 Å². The fourth-order valence-electron chi connectivity index (χ4n) is 7.92. The summed E-state index contributed by atoms with van der Waals surface area (Å²) < 4.78 is 5.38. The second-order valence-electron chi connectivity index (χ2n) is 11.4. The molecule has 0 amide bonds. The van der Waals surface area contributed by atoms with Gasteiger partial charge in [0.25, 0.3) is 0 Å². The molecular formula is C28H41N3O. The highest BCUT2D eigenvalue weighted by Gasteiger charge is 2.45. The van der Waals surface area contributed by atoms with Crippen molar-refractivity contribution >= 4 is 5.96 Å². The Morgan fingerprint density at radius 2 is 1.81 bits per heavy atom. The fraction of sp³-hybridized carbons (Fsp3) is 0.750. The molecular weight excluding hydrogens is 394 g/mol. The Morgan fingerprint density at radius 1 is 0.969 bits per heavy atom. The molecule has 0 aromatic heterocycles. The van der Waals surface area contributed by atoms with Gasteiger partial charge in [-0.25, -0.2) is 0 Å². The third-order valence-corrected chi connectivity index (χ3v) is 9.63. The molecule has 3 aliphatic carbocycles. The van der Waals surface area contributed by atoms with E-state index in [4.69, 9.17) is 9.73 Å². The molecule has 4 nitrogen and oxygen atoms in total. The summed E-state index contributed by atoms with van der Waals surface area (Å²) in [5.74, 6) is 6.21. The Hall–Kier alpha value is -1.71. The SMILES string of the molecule is COc1ccc(C[C@@H]2CN3C(=NC[C@@H]3C3CCCCC3)N2CCC2CC3CCC2C3)cc1. The number of methoxy groups -OCH3 is 1. The van der Waals surface area contributed by atoms with Crippen LogP contribution in [0.15, 0.2) is 29.3 Å². The largest absolute Gasteiger partial charge is 0.497 e. The van der Waals surface area contributed by atoms with Crippen molar-refractivity contribution in [1.82, 2.24) is 9.80 Å². The maximum Gasteiger partial charge on any atom is 0.197 e. The maximum atomic E-state index is 5.38. The second-order valence-corrected chi connectivity index (χ2v) is 11.4. The molecule has 3 saturated carbocycles. The lowest BCUT2D eigenvalue weighted by Crippen LogP contribution is -2.41. The first-order valence-corrected chi connectivity index (χ1v) is 13.5. The molecule has 174 valence electrons. The minimum Gasteiger partial charge on any atom is -0.497 e. The van der Waals surface area contributed by atoms with E-state index in [1.165, 1.54) is 88.8 Å². The van der Waals surface area contributed by atoms with Gasteiger partial charge in [-0.15, -0.1) is 0 Å². The van der Waals surface area contributed by atoms with Gasteiger partial charge in [-0.05, 0) is 86.3 Å². The summed E-state index contributed by atoms with van der Waals surface area (Å²) >= 11 is 0. The molecule has 4 heteroatoms. The van der Waals surface area contributed by atoms with E-state index < -0.39 is 0 Å². The van der Waals surface area contributed by atoms with Crippen molar-refractivity contribution in [1.29, 1.82) is 0 Å². The number of guanidine groups is 1. The smallest absolute Gasteiger partial charge is 0.197 e. The van der Waals surface area contributed by atoms with Crippen LogP contribution in [0.4, 0.5) is 0 Å². The topological polar surface area (TPSA) is 28.1 Å². The Bertz CT molecular complexity index is 814. The van der Waals surface area contributed by atoms with E-state index in [0.717, 1.165) is 42.4 Å². The Morgan fingerprint density at radius 3 is 2.53 bits per heavy atom. The van der Waals surface area contributed by atoms with Gasteiger partial charge in [-0.1, -0.05) is 37.8 Å². The van der Waals surface area contributed by atoms with Gasteiger partial charge >= 0.3 is 0 Å². The zero-order valence-electron chi connectivity index (χ0n) is 19.9. The van der Waals surface area contributed by atoms with Crippen molar-refractivity contribution in [2.75, 3.05) is 26.7 Å². The van der Waals surface area contributed by atoms with Gasteiger partial charge < -0.3 is 14.5 Å². The number of fused-ring (bicyclic) bond motifs is 3. The summed E-state index contributed by atoms with van der Waals surface area (Å²) in [6.45, 7) is 3.42. The number of ether oxygens (including phenoxy) is 1. The molecule has 2 bridgehead atoms. The third kappa shape index (κ3) is 3.92. The number of benzene rings is 1. The first kappa shape index (κ1) is 20.9. The average Bonchev–Trinajstić information content (AvgIpc) is 3.61. The summed E-state index contributed by atoms with van der Waals surface area (Å²) in [5, 5.41) is 0. The summed E-state index contributed by atoms with van der Waals surface area (Å²) in [7, 11) is 1.75. The van der Waals surface area contributed by atoms with Crippen LogP contribution in [-0.4, -0.2) is 54.6 Å². The molecule has 6 rings (SSSR count). The monoisotopic (exact) mass is 435 g/mol. The number of nitrogens with zero attached hydrogens (tertiary/aromatic N) is 3. The lowest BCUT2D eigenvalue weighted by atomic mass is 9.83. The third-order valence-electron chi connectivity index (χ3n) is 9.63. The van der Waals surface area contributed by atoms with Gasteiger partial charge in [0.1, 0.15) is 5.75 Å². The molecule has 5 atom stereocenters. The van der Waals surface area contributed by atoms with Gasteiger partial charge in [0.2, 0.25) is 0 Å². The fourth-order valence-corrected chi connectivity index (χ4v) is 7.92. The molecule has 3 unspecified atom stereocenters. The minimum absolute atomic E-state index is 0.562. The molecule has 1 aromatic rings. The summed E-state index contributed by atoms with van der Waals surface area (Å²) in [6.07, 6.45) is 15.6. The average molecular weight is 436 g/mol. The highest BCUT2D eigenvalue weighted by atomic mass is 16.5. The van der Waals surface area contributed by atoms with Crippen LogP contribution < -0.4 is 4.74 Å². The quantitative estimate of drug-likeness (QED) is 0.576. The second kappa shape index (κ2) is 8.91. The molecule has 2 heterocycles. The molecule has 0 N–H and O–H groups in total. The van der Waals surface area contributed by atoms with E-state index in [1.54, 1.807) is 7.11 Å². The molecule has 0 spiro atoms. The van der Waals surface area contributed by atoms with Gasteiger partial charge in [-0.3, -0.25) is 4.99 Å². The van der Waals surface area contributed by atoms with E-state index in [9.17, 15) is 0 Å². The minimum atomic E-state index is 0.562. The highest BCUT2D eigenvalue weighted by Crippen LogP contribution is 2.49.